The fraction of sp³-hybridized carbons (Fsp3) is 0.182. The molecule has 3 rings (SSSR count). The van der Waals surface area contributed by atoms with Crippen LogP contribution >= 0.6 is 28.3 Å². The van der Waals surface area contributed by atoms with Gasteiger partial charge in [-0.15, -0.1) is 12.4 Å². The summed E-state index contributed by atoms with van der Waals surface area (Å²) in [4.78, 5) is 0. The number of benzene rings is 3. The topological polar surface area (TPSA) is 21.3 Å². The fourth-order valence-corrected chi connectivity index (χ4v) is 3.16. The average Bonchev–Trinajstić information content (AvgIpc) is 2.67. The highest BCUT2D eigenvalue weighted by atomic mass is 79.9. The van der Waals surface area contributed by atoms with E-state index < -0.39 is 0 Å². The van der Waals surface area contributed by atoms with E-state index in [-0.39, 0.29) is 18.2 Å². The Morgan fingerprint density at radius 1 is 0.852 bits per heavy atom. The van der Waals surface area contributed by atoms with E-state index in [9.17, 15) is 4.39 Å². The van der Waals surface area contributed by atoms with Crippen molar-refractivity contribution in [1.29, 1.82) is 0 Å². The minimum Gasteiger partial charge on any atom is -0.488 e. The maximum absolute atomic E-state index is 12.9. The molecule has 0 aliphatic carbocycles. The molecule has 0 radical (unpaired) electrons. The molecule has 0 unspecified atom stereocenters. The van der Waals surface area contributed by atoms with Gasteiger partial charge in [0.05, 0.1) is 4.47 Å². The van der Waals surface area contributed by atoms with Gasteiger partial charge in [0.1, 0.15) is 18.2 Å². The first-order chi connectivity index (χ1) is 12.7. The number of rotatable bonds is 8. The Bertz CT molecular complexity index is 827. The molecular weight excluding hydrogens is 429 g/mol. The van der Waals surface area contributed by atoms with Crippen LogP contribution in [0.4, 0.5) is 4.39 Å². The van der Waals surface area contributed by atoms with Crippen molar-refractivity contribution in [3.8, 4) is 5.75 Å². The second-order valence-corrected chi connectivity index (χ2v) is 6.95. The van der Waals surface area contributed by atoms with Gasteiger partial charge in [-0.3, -0.25) is 0 Å². The summed E-state index contributed by atoms with van der Waals surface area (Å²) < 4.78 is 19.7. The van der Waals surface area contributed by atoms with Crippen LogP contribution in [0.3, 0.4) is 0 Å². The highest BCUT2D eigenvalue weighted by Crippen LogP contribution is 2.26. The van der Waals surface area contributed by atoms with Crippen molar-refractivity contribution in [3.63, 3.8) is 0 Å². The lowest BCUT2D eigenvalue weighted by Gasteiger charge is -2.11. The fourth-order valence-electron chi connectivity index (χ4n) is 2.62. The second kappa shape index (κ2) is 11.1. The van der Waals surface area contributed by atoms with Gasteiger partial charge in [-0.05, 0) is 69.9 Å². The standard InChI is InChI=1S/C22H21BrFNO.ClH/c23-21-14-19(15-25-13-12-17-6-9-20(24)10-7-17)8-11-22(21)26-16-18-4-2-1-3-5-18;/h1-11,14,25H,12-13,15-16H2;1H. The lowest BCUT2D eigenvalue weighted by atomic mass is 10.1. The predicted octanol–water partition coefficient (Wildman–Crippen LogP) is 5.92. The number of nitrogens with one attached hydrogen (secondary N) is 1. The minimum atomic E-state index is -0.193. The Kier molecular flexibility index (Phi) is 8.79. The first kappa shape index (κ1) is 21.4. The van der Waals surface area contributed by atoms with Gasteiger partial charge < -0.3 is 10.1 Å². The zero-order valence-corrected chi connectivity index (χ0v) is 17.2. The molecule has 0 aliphatic rings. The lowest BCUT2D eigenvalue weighted by Crippen LogP contribution is -2.16. The summed E-state index contributed by atoms with van der Waals surface area (Å²) in [6.45, 7) is 2.17. The first-order valence-corrected chi connectivity index (χ1v) is 9.40. The van der Waals surface area contributed by atoms with Crippen molar-refractivity contribution in [1.82, 2.24) is 5.32 Å². The highest BCUT2D eigenvalue weighted by molar-refractivity contribution is 9.10. The van der Waals surface area contributed by atoms with Crippen molar-refractivity contribution in [2.75, 3.05) is 6.54 Å². The Balaban J connectivity index is 0.00000261. The van der Waals surface area contributed by atoms with Crippen molar-refractivity contribution < 1.29 is 9.13 Å². The number of hydrogen-bond donors (Lipinski definition) is 1. The summed E-state index contributed by atoms with van der Waals surface area (Å²) >= 11 is 3.58. The third kappa shape index (κ3) is 6.98. The summed E-state index contributed by atoms with van der Waals surface area (Å²) in [5.41, 5.74) is 3.46. The van der Waals surface area contributed by atoms with Crippen LogP contribution in [-0.4, -0.2) is 6.54 Å². The smallest absolute Gasteiger partial charge is 0.134 e. The van der Waals surface area contributed by atoms with Crippen molar-refractivity contribution in [3.05, 3.63) is 99.8 Å². The summed E-state index contributed by atoms with van der Waals surface area (Å²) in [6, 6.07) is 22.9. The van der Waals surface area contributed by atoms with Gasteiger partial charge in [-0.25, -0.2) is 4.39 Å². The van der Waals surface area contributed by atoms with Crippen molar-refractivity contribution >= 4 is 28.3 Å². The largest absolute Gasteiger partial charge is 0.488 e. The average molecular weight is 451 g/mol. The molecule has 0 fully saturated rings. The third-order valence-corrected chi connectivity index (χ3v) is 4.69. The van der Waals surface area contributed by atoms with E-state index in [1.54, 1.807) is 0 Å². The van der Waals surface area contributed by atoms with Crippen LogP contribution in [0.2, 0.25) is 0 Å². The van der Waals surface area contributed by atoms with E-state index in [4.69, 9.17) is 4.74 Å². The van der Waals surface area contributed by atoms with E-state index in [2.05, 4.69) is 33.4 Å². The van der Waals surface area contributed by atoms with Gasteiger partial charge in [0, 0.05) is 6.54 Å². The molecule has 0 heterocycles. The molecule has 0 atom stereocenters. The zero-order valence-electron chi connectivity index (χ0n) is 14.8. The molecule has 5 heteroatoms. The second-order valence-electron chi connectivity index (χ2n) is 6.09. The number of halogens is 3. The summed E-state index contributed by atoms with van der Waals surface area (Å²) in [7, 11) is 0. The van der Waals surface area contributed by atoms with E-state index in [0.717, 1.165) is 40.9 Å². The molecule has 0 saturated heterocycles. The maximum atomic E-state index is 12.9. The van der Waals surface area contributed by atoms with E-state index >= 15 is 0 Å². The molecule has 3 aromatic rings. The quantitative estimate of drug-likeness (QED) is 0.430. The van der Waals surface area contributed by atoms with Gasteiger partial charge >= 0.3 is 0 Å². The van der Waals surface area contributed by atoms with Crippen LogP contribution in [0.25, 0.3) is 0 Å². The van der Waals surface area contributed by atoms with Gasteiger partial charge in [0.2, 0.25) is 0 Å². The van der Waals surface area contributed by atoms with Crippen LogP contribution in [-0.2, 0) is 19.6 Å². The molecule has 0 aromatic heterocycles. The van der Waals surface area contributed by atoms with E-state index in [0.29, 0.717) is 6.61 Å². The first-order valence-electron chi connectivity index (χ1n) is 8.61. The molecule has 3 aromatic carbocycles. The van der Waals surface area contributed by atoms with Crippen LogP contribution < -0.4 is 10.1 Å². The predicted molar refractivity (Wildman–Crippen MR) is 114 cm³/mol. The molecule has 0 amide bonds. The van der Waals surface area contributed by atoms with Gasteiger partial charge in [0.15, 0.2) is 0 Å². The molecule has 27 heavy (non-hydrogen) atoms. The molecule has 0 saturated carbocycles. The van der Waals surface area contributed by atoms with Gasteiger partial charge in [-0.1, -0.05) is 48.5 Å². The van der Waals surface area contributed by atoms with Crippen molar-refractivity contribution in [2.24, 2.45) is 0 Å². The zero-order chi connectivity index (χ0) is 18.2. The maximum Gasteiger partial charge on any atom is 0.134 e. The molecule has 142 valence electrons. The third-order valence-electron chi connectivity index (χ3n) is 4.07. The van der Waals surface area contributed by atoms with E-state index in [1.807, 2.05) is 48.5 Å². The van der Waals surface area contributed by atoms with E-state index in [1.165, 1.54) is 17.7 Å². The Morgan fingerprint density at radius 3 is 2.26 bits per heavy atom. The molecule has 2 nitrogen and oxygen atoms in total. The molecule has 1 N–H and O–H groups in total. The SMILES string of the molecule is Cl.Fc1ccc(CCNCc2ccc(OCc3ccccc3)c(Br)c2)cc1. The Morgan fingerprint density at radius 2 is 1.56 bits per heavy atom. The van der Waals surface area contributed by atoms with Crippen LogP contribution in [0.1, 0.15) is 16.7 Å². The van der Waals surface area contributed by atoms with Crippen LogP contribution in [0.15, 0.2) is 77.3 Å². The molecule has 0 bridgehead atoms. The van der Waals surface area contributed by atoms with Crippen molar-refractivity contribution in [2.45, 2.75) is 19.6 Å². The van der Waals surface area contributed by atoms with Crippen LogP contribution in [0.5, 0.6) is 5.75 Å². The summed E-state index contributed by atoms with van der Waals surface area (Å²) in [6.07, 6.45) is 0.875. The summed E-state index contributed by atoms with van der Waals surface area (Å²) in [5, 5.41) is 3.41. The monoisotopic (exact) mass is 449 g/mol. The molecular formula is C22H22BrClFNO. The highest BCUT2D eigenvalue weighted by Gasteiger charge is 2.04. The summed E-state index contributed by atoms with van der Waals surface area (Å²) in [5.74, 6) is 0.644. The molecule has 0 aliphatic heterocycles. The lowest BCUT2D eigenvalue weighted by molar-refractivity contribution is 0.304. The van der Waals surface area contributed by atoms with Gasteiger partial charge in [-0.2, -0.15) is 0 Å². The minimum absolute atomic E-state index is 0. The molecule has 0 spiro atoms. The van der Waals surface area contributed by atoms with Crippen LogP contribution in [0, 0.1) is 5.82 Å². The number of ether oxygens (including phenoxy) is 1. The van der Waals surface area contributed by atoms with Gasteiger partial charge in [0.25, 0.3) is 0 Å². The number of hydrogen-bond acceptors (Lipinski definition) is 2. The Hall–Kier alpha value is -1.88. The normalized spacial score (nSPS) is 10.3. The Labute approximate surface area is 174 Å².